The number of carbonyl (C=O) groups is 1. The molecule has 1 aliphatic heterocycles. The van der Waals surface area contributed by atoms with E-state index in [0.29, 0.717) is 11.8 Å². The molecule has 7 heteroatoms. The Morgan fingerprint density at radius 1 is 1.29 bits per heavy atom. The Kier molecular flexibility index (Phi) is 4.51. The Bertz CT molecular complexity index is 1130. The summed E-state index contributed by atoms with van der Waals surface area (Å²) < 4.78 is 1.49. The molecule has 1 aromatic carbocycles. The van der Waals surface area contributed by atoms with E-state index < -0.39 is 0 Å². The average Bonchev–Trinajstić information content (AvgIpc) is 3.21. The minimum Gasteiger partial charge on any atom is -0.310 e. The highest BCUT2D eigenvalue weighted by Gasteiger charge is 2.26. The van der Waals surface area contributed by atoms with Gasteiger partial charge in [0.15, 0.2) is 0 Å². The van der Waals surface area contributed by atoms with Crippen LogP contribution in [-0.4, -0.2) is 27.3 Å². The molecule has 1 amide bonds. The summed E-state index contributed by atoms with van der Waals surface area (Å²) in [5.74, 6) is -0.0581. The quantitative estimate of drug-likeness (QED) is 0.642. The maximum atomic E-state index is 13.2. The van der Waals surface area contributed by atoms with Crippen molar-refractivity contribution in [3.63, 3.8) is 0 Å². The average molecular weight is 412 g/mol. The van der Waals surface area contributed by atoms with Gasteiger partial charge in [-0.05, 0) is 43.4 Å². The lowest BCUT2D eigenvalue weighted by molar-refractivity contribution is -0.119. The smallest absolute Gasteiger partial charge is 0.262 e. The fourth-order valence-electron chi connectivity index (χ4n) is 4.11. The summed E-state index contributed by atoms with van der Waals surface area (Å²) in [5, 5.41) is 1.18. The maximum Gasteiger partial charge on any atom is 0.262 e. The molecule has 0 bridgehead atoms. The van der Waals surface area contributed by atoms with Gasteiger partial charge >= 0.3 is 0 Å². The Morgan fingerprint density at radius 2 is 2.14 bits per heavy atom. The molecule has 0 fully saturated rings. The van der Waals surface area contributed by atoms with Crippen molar-refractivity contribution >= 4 is 44.9 Å². The standard InChI is InChI=1S/C21H21N3O2S2/c1-13-9-10-24(15-6-2-3-7-17(15)27-13)18(25)11-23-12-22-20-19(21(23)26)14-5-4-8-16(14)28-20/h2-3,6-7,12-13H,4-5,8-11H2,1H3. The number of thioether (sulfide) groups is 1. The maximum absolute atomic E-state index is 13.2. The second kappa shape index (κ2) is 7.04. The SMILES string of the molecule is CC1CCN(C(=O)Cn2cnc3sc4c(c3c2=O)CCC4)c2ccccc2S1. The highest BCUT2D eigenvalue weighted by molar-refractivity contribution is 8.00. The molecule has 2 aliphatic rings. The highest BCUT2D eigenvalue weighted by atomic mass is 32.2. The van der Waals surface area contributed by atoms with Gasteiger partial charge in [0.2, 0.25) is 5.91 Å². The molecular weight excluding hydrogens is 390 g/mol. The molecule has 5 nitrogen and oxygen atoms in total. The van der Waals surface area contributed by atoms with Crippen LogP contribution in [-0.2, 0) is 24.2 Å². The number of thiophene rings is 1. The van der Waals surface area contributed by atoms with Crippen molar-refractivity contribution in [3.8, 4) is 0 Å². The lowest BCUT2D eigenvalue weighted by Gasteiger charge is -2.22. The predicted octanol–water partition coefficient (Wildman–Crippen LogP) is 3.86. The van der Waals surface area contributed by atoms with Crippen molar-refractivity contribution < 1.29 is 4.79 Å². The molecule has 2 aromatic heterocycles. The molecule has 3 aromatic rings. The first-order valence-electron chi connectivity index (χ1n) is 9.67. The minimum absolute atomic E-state index is 0.0276. The van der Waals surface area contributed by atoms with Gasteiger partial charge in [-0.3, -0.25) is 14.2 Å². The van der Waals surface area contributed by atoms with Crippen LogP contribution in [0.3, 0.4) is 0 Å². The topological polar surface area (TPSA) is 55.2 Å². The summed E-state index contributed by atoms with van der Waals surface area (Å²) in [6, 6.07) is 8.03. The number of para-hydroxylation sites is 1. The molecular formula is C21H21N3O2S2. The third kappa shape index (κ3) is 2.97. The molecule has 5 rings (SSSR count). The van der Waals surface area contributed by atoms with Crippen LogP contribution in [0, 0.1) is 0 Å². The number of benzene rings is 1. The monoisotopic (exact) mass is 411 g/mol. The van der Waals surface area contributed by atoms with Crippen LogP contribution in [0.2, 0.25) is 0 Å². The number of aromatic nitrogens is 2. The number of anilines is 1. The Labute approximate surface area is 171 Å². The van der Waals surface area contributed by atoms with Gasteiger partial charge in [-0.1, -0.05) is 19.1 Å². The molecule has 1 atom stereocenters. The molecule has 1 aliphatic carbocycles. The minimum atomic E-state index is -0.0800. The number of rotatable bonds is 2. The Balaban J connectivity index is 1.49. The van der Waals surface area contributed by atoms with E-state index in [9.17, 15) is 9.59 Å². The van der Waals surface area contributed by atoms with Gasteiger partial charge < -0.3 is 4.90 Å². The molecule has 28 heavy (non-hydrogen) atoms. The first kappa shape index (κ1) is 17.9. The lowest BCUT2D eigenvalue weighted by atomic mass is 10.2. The van der Waals surface area contributed by atoms with Crippen LogP contribution < -0.4 is 10.5 Å². The van der Waals surface area contributed by atoms with Gasteiger partial charge in [0.1, 0.15) is 11.4 Å². The summed E-state index contributed by atoms with van der Waals surface area (Å²) in [4.78, 5) is 35.8. The summed E-state index contributed by atoms with van der Waals surface area (Å²) in [6.45, 7) is 2.89. The fraction of sp³-hybridized carbons (Fsp3) is 0.381. The summed E-state index contributed by atoms with van der Waals surface area (Å²) in [6.07, 6.45) is 5.55. The van der Waals surface area contributed by atoms with Crippen LogP contribution in [0.4, 0.5) is 5.69 Å². The second-order valence-electron chi connectivity index (χ2n) is 7.45. The third-order valence-electron chi connectivity index (χ3n) is 5.54. The van der Waals surface area contributed by atoms with Crippen molar-refractivity contribution in [2.24, 2.45) is 0 Å². The number of fused-ring (bicyclic) bond motifs is 4. The fourth-order valence-corrected chi connectivity index (χ4v) is 6.44. The second-order valence-corrected chi connectivity index (χ2v) is 10.0. The van der Waals surface area contributed by atoms with E-state index >= 15 is 0 Å². The number of aryl methyl sites for hydroxylation is 2. The van der Waals surface area contributed by atoms with E-state index in [1.165, 1.54) is 15.8 Å². The van der Waals surface area contributed by atoms with Gasteiger partial charge in [-0.25, -0.2) is 4.98 Å². The van der Waals surface area contributed by atoms with E-state index in [-0.39, 0.29) is 18.0 Å². The molecule has 144 valence electrons. The van der Waals surface area contributed by atoms with Gasteiger partial charge in [0, 0.05) is 21.6 Å². The molecule has 3 heterocycles. The van der Waals surface area contributed by atoms with Crippen molar-refractivity contribution in [3.05, 3.63) is 51.4 Å². The van der Waals surface area contributed by atoms with E-state index in [1.54, 1.807) is 23.1 Å². The summed E-state index contributed by atoms with van der Waals surface area (Å²) >= 11 is 3.43. The summed E-state index contributed by atoms with van der Waals surface area (Å²) in [5.41, 5.74) is 2.02. The normalized spacial score (nSPS) is 18.8. The molecule has 0 saturated heterocycles. The first-order chi connectivity index (χ1) is 13.6. The van der Waals surface area contributed by atoms with Gasteiger partial charge in [-0.15, -0.1) is 23.1 Å². The van der Waals surface area contributed by atoms with Crippen molar-refractivity contribution in [2.75, 3.05) is 11.4 Å². The highest BCUT2D eigenvalue weighted by Crippen LogP contribution is 2.37. The van der Waals surface area contributed by atoms with Gasteiger partial charge in [0.05, 0.1) is 17.4 Å². The van der Waals surface area contributed by atoms with Crippen LogP contribution in [0.15, 0.2) is 40.3 Å². The zero-order chi connectivity index (χ0) is 19.3. The first-order valence-corrected chi connectivity index (χ1v) is 11.4. The number of hydrogen-bond acceptors (Lipinski definition) is 5. The van der Waals surface area contributed by atoms with Crippen LogP contribution in [0.5, 0.6) is 0 Å². The molecule has 0 spiro atoms. The van der Waals surface area contributed by atoms with E-state index in [4.69, 9.17) is 0 Å². The van der Waals surface area contributed by atoms with Gasteiger partial charge in [0.25, 0.3) is 5.56 Å². The van der Waals surface area contributed by atoms with E-state index in [2.05, 4.69) is 18.0 Å². The van der Waals surface area contributed by atoms with Crippen molar-refractivity contribution in [1.29, 1.82) is 0 Å². The molecule has 0 N–H and O–H groups in total. The summed E-state index contributed by atoms with van der Waals surface area (Å²) in [7, 11) is 0. The Hall–Kier alpha value is -2.12. The third-order valence-corrected chi connectivity index (χ3v) is 7.98. The number of nitrogens with zero attached hydrogens (tertiary/aromatic N) is 3. The zero-order valence-corrected chi connectivity index (χ0v) is 17.3. The Morgan fingerprint density at radius 3 is 3.04 bits per heavy atom. The van der Waals surface area contributed by atoms with Crippen LogP contribution in [0.1, 0.15) is 30.2 Å². The van der Waals surface area contributed by atoms with Crippen LogP contribution >= 0.6 is 23.1 Å². The predicted molar refractivity (Wildman–Crippen MR) is 115 cm³/mol. The molecule has 1 unspecified atom stereocenters. The van der Waals surface area contributed by atoms with Crippen LogP contribution in [0.25, 0.3) is 10.2 Å². The molecule has 0 saturated carbocycles. The van der Waals surface area contributed by atoms with Crippen molar-refractivity contribution in [1.82, 2.24) is 9.55 Å². The number of carbonyl (C=O) groups excluding carboxylic acids is 1. The zero-order valence-electron chi connectivity index (χ0n) is 15.7. The van der Waals surface area contributed by atoms with Gasteiger partial charge in [-0.2, -0.15) is 0 Å². The van der Waals surface area contributed by atoms with E-state index in [0.717, 1.165) is 52.0 Å². The molecule has 0 radical (unpaired) electrons. The van der Waals surface area contributed by atoms with Crippen molar-refractivity contribution in [2.45, 2.75) is 49.3 Å². The number of amides is 1. The number of hydrogen-bond donors (Lipinski definition) is 0. The largest absolute Gasteiger partial charge is 0.310 e. The van der Waals surface area contributed by atoms with E-state index in [1.807, 2.05) is 23.1 Å². The lowest BCUT2D eigenvalue weighted by Crippen LogP contribution is -2.37.